The Morgan fingerprint density at radius 1 is 0.933 bits per heavy atom. The first-order valence-corrected chi connectivity index (χ1v) is 14.8. The SMILES string of the molecule is CC(=O)c1ccc2c(c1C)CC[C@@H]2NC(=O)c1cc(C(=O)NCc2ccccc2)nc2c(C(=O)Nc3ccccc3Cl)cnn12. The number of anilines is 1. The van der Waals surface area contributed by atoms with Crippen LogP contribution in [0.3, 0.4) is 0 Å². The second-order valence-corrected chi connectivity index (χ2v) is 11.3. The molecule has 0 bridgehead atoms. The monoisotopic (exact) mass is 620 g/mol. The Labute approximate surface area is 263 Å². The van der Waals surface area contributed by atoms with Gasteiger partial charge in [0, 0.05) is 18.2 Å². The van der Waals surface area contributed by atoms with Crippen molar-refractivity contribution in [2.45, 2.75) is 39.3 Å². The smallest absolute Gasteiger partial charge is 0.270 e. The van der Waals surface area contributed by atoms with Gasteiger partial charge >= 0.3 is 0 Å². The van der Waals surface area contributed by atoms with Crippen molar-refractivity contribution in [3.8, 4) is 0 Å². The number of para-hydroxylation sites is 1. The predicted molar refractivity (Wildman–Crippen MR) is 170 cm³/mol. The zero-order valence-electron chi connectivity index (χ0n) is 24.6. The van der Waals surface area contributed by atoms with Crippen molar-refractivity contribution in [3.05, 3.63) is 129 Å². The first-order valence-electron chi connectivity index (χ1n) is 14.4. The van der Waals surface area contributed by atoms with E-state index in [9.17, 15) is 19.2 Å². The summed E-state index contributed by atoms with van der Waals surface area (Å²) in [5.74, 6) is -1.58. The zero-order valence-corrected chi connectivity index (χ0v) is 25.3. The van der Waals surface area contributed by atoms with Crippen molar-refractivity contribution < 1.29 is 19.2 Å². The van der Waals surface area contributed by atoms with E-state index in [0.717, 1.165) is 22.3 Å². The molecule has 1 aliphatic rings. The van der Waals surface area contributed by atoms with Crippen LogP contribution in [0.15, 0.2) is 79.0 Å². The molecule has 1 aliphatic carbocycles. The molecule has 3 amide bonds. The van der Waals surface area contributed by atoms with E-state index in [-0.39, 0.29) is 41.0 Å². The van der Waals surface area contributed by atoms with Crippen molar-refractivity contribution in [1.82, 2.24) is 25.2 Å². The number of carbonyl (C=O) groups is 4. The maximum atomic E-state index is 13.8. The van der Waals surface area contributed by atoms with E-state index in [1.807, 2.05) is 43.3 Å². The molecule has 0 spiro atoms. The second-order valence-electron chi connectivity index (χ2n) is 10.8. The number of aromatic nitrogens is 3. The largest absolute Gasteiger partial charge is 0.347 e. The molecule has 0 radical (unpaired) electrons. The van der Waals surface area contributed by atoms with Gasteiger partial charge in [-0.05, 0) is 61.1 Å². The van der Waals surface area contributed by atoms with E-state index in [4.69, 9.17) is 11.6 Å². The standard InChI is InChI=1S/C34H29ClN6O4/c1-19-22(20(2)42)12-13-24-23(19)14-15-27(24)39-34(45)30-16-29(33(44)36-17-21-8-4-3-5-9-21)38-31-25(18-37-41(30)31)32(43)40-28-11-7-6-10-26(28)35/h3-13,16,18,27H,14-15,17H2,1-2H3,(H,36,44)(H,39,45)(H,40,43)/t27-/m0/s1. The van der Waals surface area contributed by atoms with Crippen molar-refractivity contribution in [3.63, 3.8) is 0 Å². The van der Waals surface area contributed by atoms with Crippen LogP contribution in [-0.2, 0) is 13.0 Å². The van der Waals surface area contributed by atoms with Gasteiger partial charge in [0.2, 0.25) is 0 Å². The van der Waals surface area contributed by atoms with Crippen LogP contribution in [0.1, 0.15) is 83.3 Å². The highest BCUT2D eigenvalue weighted by molar-refractivity contribution is 6.34. The number of rotatable bonds is 8. The van der Waals surface area contributed by atoms with E-state index in [0.29, 0.717) is 29.1 Å². The molecule has 0 saturated carbocycles. The topological polar surface area (TPSA) is 135 Å². The quantitative estimate of drug-likeness (QED) is 0.196. The first kappa shape index (κ1) is 29.7. The van der Waals surface area contributed by atoms with E-state index < -0.39 is 17.7 Å². The first-order chi connectivity index (χ1) is 21.7. The lowest BCUT2D eigenvalue weighted by Crippen LogP contribution is -2.31. The van der Waals surface area contributed by atoms with Crippen LogP contribution in [-0.4, -0.2) is 38.1 Å². The molecule has 11 heteroatoms. The van der Waals surface area contributed by atoms with Gasteiger partial charge in [0.25, 0.3) is 17.7 Å². The number of ketones is 1. The number of halogens is 1. The van der Waals surface area contributed by atoms with Gasteiger partial charge in [0.1, 0.15) is 17.0 Å². The second kappa shape index (κ2) is 12.3. The Hall–Kier alpha value is -5.35. The minimum absolute atomic E-state index is 0.00640. The van der Waals surface area contributed by atoms with Crippen LogP contribution in [0.2, 0.25) is 5.02 Å². The minimum Gasteiger partial charge on any atom is -0.347 e. The summed E-state index contributed by atoms with van der Waals surface area (Å²) in [6.45, 7) is 3.71. The van der Waals surface area contributed by atoms with Gasteiger partial charge in [-0.25, -0.2) is 9.50 Å². The number of hydrogen-bond donors (Lipinski definition) is 3. The van der Waals surface area contributed by atoms with Crippen LogP contribution in [0.25, 0.3) is 5.65 Å². The average molecular weight is 621 g/mol. The fourth-order valence-corrected chi connectivity index (χ4v) is 5.85. The summed E-state index contributed by atoms with van der Waals surface area (Å²) in [7, 11) is 0. The van der Waals surface area contributed by atoms with Gasteiger partial charge in [-0.15, -0.1) is 0 Å². The molecule has 0 unspecified atom stereocenters. The number of nitrogens with zero attached hydrogens (tertiary/aromatic N) is 3. The van der Waals surface area contributed by atoms with E-state index in [1.54, 1.807) is 30.3 Å². The van der Waals surface area contributed by atoms with E-state index in [2.05, 4.69) is 26.0 Å². The number of carbonyl (C=O) groups excluding carboxylic acids is 4. The number of hydrogen-bond acceptors (Lipinski definition) is 6. The Balaban J connectivity index is 1.35. The molecule has 0 aliphatic heterocycles. The molecule has 6 rings (SSSR count). The van der Waals surface area contributed by atoms with Crippen LogP contribution in [0, 0.1) is 6.92 Å². The fraction of sp³-hybridized carbons (Fsp3) is 0.176. The molecule has 0 fully saturated rings. The molecular weight excluding hydrogens is 592 g/mol. The van der Waals surface area contributed by atoms with Gasteiger partial charge in [-0.1, -0.05) is 66.2 Å². The van der Waals surface area contributed by atoms with Gasteiger partial charge in [0.15, 0.2) is 11.4 Å². The number of Topliss-reactive ketones (excluding diaryl/α,β-unsaturated/α-hetero) is 1. The predicted octanol–water partition coefficient (Wildman–Crippen LogP) is 5.49. The third kappa shape index (κ3) is 5.92. The van der Waals surface area contributed by atoms with Gasteiger partial charge in [-0.3, -0.25) is 19.2 Å². The fourth-order valence-electron chi connectivity index (χ4n) is 5.67. The highest BCUT2D eigenvalue weighted by Crippen LogP contribution is 2.35. The molecule has 10 nitrogen and oxygen atoms in total. The summed E-state index contributed by atoms with van der Waals surface area (Å²) in [5, 5.41) is 13.3. The van der Waals surface area contributed by atoms with Gasteiger partial charge < -0.3 is 16.0 Å². The maximum absolute atomic E-state index is 13.8. The Morgan fingerprint density at radius 2 is 1.69 bits per heavy atom. The van der Waals surface area contributed by atoms with Crippen molar-refractivity contribution >= 4 is 46.4 Å². The van der Waals surface area contributed by atoms with Gasteiger partial charge in [-0.2, -0.15) is 5.10 Å². The normalized spacial score (nSPS) is 13.7. The molecule has 5 aromatic rings. The summed E-state index contributed by atoms with van der Waals surface area (Å²) >= 11 is 6.24. The number of nitrogens with one attached hydrogen (secondary N) is 3. The Kier molecular flexibility index (Phi) is 8.14. The lowest BCUT2D eigenvalue weighted by molar-refractivity contribution is 0.0926. The Bertz CT molecular complexity index is 1990. The summed E-state index contributed by atoms with van der Waals surface area (Å²) in [6.07, 6.45) is 2.65. The molecule has 2 aromatic heterocycles. The Morgan fingerprint density at radius 3 is 2.44 bits per heavy atom. The molecule has 0 saturated heterocycles. The molecular formula is C34H29ClN6O4. The third-order valence-electron chi connectivity index (χ3n) is 7.98. The number of amides is 3. The average Bonchev–Trinajstić information content (AvgIpc) is 3.66. The lowest BCUT2D eigenvalue weighted by Gasteiger charge is -2.16. The summed E-state index contributed by atoms with van der Waals surface area (Å²) < 4.78 is 1.25. The maximum Gasteiger partial charge on any atom is 0.270 e. The van der Waals surface area contributed by atoms with E-state index in [1.165, 1.54) is 23.7 Å². The van der Waals surface area contributed by atoms with Crippen LogP contribution in [0.5, 0.6) is 0 Å². The lowest BCUT2D eigenvalue weighted by atomic mass is 9.96. The van der Waals surface area contributed by atoms with E-state index >= 15 is 0 Å². The van der Waals surface area contributed by atoms with Crippen molar-refractivity contribution in [1.29, 1.82) is 0 Å². The van der Waals surface area contributed by atoms with Crippen LogP contribution < -0.4 is 16.0 Å². The molecule has 2 heterocycles. The highest BCUT2D eigenvalue weighted by Gasteiger charge is 2.29. The molecule has 1 atom stereocenters. The summed E-state index contributed by atoms with van der Waals surface area (Å²) in [4.78, 5) is 57.1. The summed E-state index contributed by atoms with van der Waals surface area (Å²) in [6, 6.07) is 20.9. The third-order valence-corrected chi connectivity index (χ3v) is 8.31. The molecule has 3 N–H and O–H groups in total. The van der Waals surface area contributed by atoms with Crippen LogP contribution >= 0.6 is 11.6 Å². The van der Waals surface area contributed by atoms with Gasteiger partial charge in [0.05, 0.1) is 22.9 Å². The number of fused-ring (bicyclic) bond motifs is 2. The number of benzene rings is 3. The zero-order chi connectivity index (χ0) is 31.7. The summed E-state index contributed by atoms with van der Waals surface area (Å²) in [5.41, 5.74) is 4.92. The van der Waals surface area contributed by atoms with Crippen molar-refractivity contribution in [2.75, 3.05) is 5.32 Å². The van der Waals surface area contributed by atoms with Crippen molar-refractivity contribution in [2.24, 2.45) is 0 Å². The molecule has 45 heavy (non-hydrogen) atoms. The highest BCUT2D eigenvalue weighted by atomic mass is 35.5. The molecule has 226 valence electrons. The minimum atomic E-state index is -0.555. The molecule has 3 aromatic carbocycles. The van der Waals surface area contributed by atoms with Crippen LogP contribution in [0.4, 0.5) is 5.69 Å².